The molecule has 4 heteroatoms. The molecule has 1 saturated heterocycles. The molecule has 1 aliphatic heterocycles. The molecule has 0 saturated carbocycles. The van der Waals surface area contributed by atoms with Crippen molar-refractivity contribution >= 4 is 11.6 Å². The van der Waals surface area contributed by atoms with Gasteiger partial charge in [0, 0.05) is 30.9 Å². The van der Waals surface area contributed by atoms with Crippen LogP contribution in [-0.4, -0.2) is 29.1 Å². The molecule has 1 fully saturated rings. The maximum atomic E-state index is 5.94. The molecule has 0 unspecified atom stereocenters. The molecule has 0 spiro atoms. The number of rotatable bonds is 4. The number of pyridine rings is 1. The summed E-state index contributed by atoms with van der Waals surface area (Å²) < 4.78 is 5.88. The second-order valence-corrected chi connectivity index (χ2v) is 5.59. The Morgan fingerprint density at radius 3 is 2.90 bits per heavy atom. The summed E-state index contributed by atoms with van der Waals surface area (Å²) in [5.74, 6) is 0.844. The summed E-state index contributed by atoms with van der Waals surface area (Å²) in [4.78, 5) is 6.76. The molecule has 1 aromatic carbocycles. The molecule has 0 N–H and O–H groups in total. The fourth-order valence-electron chi connectivity index (χ4n) is 2.35. The largest absolute Gasteiger partial charge is 0.488 e. The summed E-state index contributed by atoms with van der Waals surface area (Å²) in [6, 6.07) is 11.6. The van der Waals surface area contributed by atoms with E-state index in [4.69, 9.17) is 16.3 Å². The first-order valence-corrected chi connectivity index (χ1v) is 7.13. The first-order valence-electron chi connectivity index (χ1n) is 6.76. The number of nitrogens with zero attached hydrogens (tertiary/aromatic N) is 2. The fraction of sp³-hybridized carbons (Fsp3) is 0.312. The zero-order valence-corrected chi connectivity index (χ0v) is 12.2. The van der Waals surface area contributed by atoms with E-state index in [1.807, 2.05) is 36.5 Å². The molecule has 0 radical (unpaired) electrons. The monoisotopic (exact) mass is 288 g/mol. The molecule has 2 aromatic rings. The molecule has 0 amide bonds. The van der Waals surface area contributed by atoms with Crippen LogP contribution in [0.2, 0.25) is 5.02 Å². The highest BCUT2D eigenvalue weighted by Crippen LogP contribution is 2.22. The van der Waals surface area contributed by atoms with Gasteiger partial charge in [-0.05, 0) is 36.8 Å². The maximum absolute atomic E-state index is 5.94. The molecule has 3 rings (SSSR count). The van der Waals surface area contributed by atoms with Crippen LogP contribution in [0.4, 0.5) is 0 Å². The zero-order valence-electron chi connectivity index (χ0n) is 11.4. The average Bonchev–Trinajstić information content (AvgIpc) is 2.38. The summed E-state index contributed by atoms with van der Waals surface area (Å²) in [6.45, 7) is 4.86. The number of aryl methyl sites for hydroxylation is 1. The van der Waals surface area contributed by atoms with Crippen LogP contribution in [-0.2, 0) is 6.54 Å². The lowest BCUT2D eigenvalue weighted by atomic mass is 10.1. The van der Waals surface area contributed by atoms with Gasteiger partial charge in [0.2, 0.25) is 0 Å². The third-order valence-corrected chi connectivity index (χ3v) is 3.75. The van der Waals surface area contributed by atoms with Crippen LogP contribution in [0, 0.1) is 6.92 Å². The van der Waals surface area contributed by atoms with Gasteiger partial charge in [0.1, 0.15) is 11.9 Å². The van der Waals surface area contributed by atoms with Crippen LogP contribution >= 0.6 is 11.6 Å². The minimum absolute atomic E-state index is 0.248. The van der Waals surface area contributed by atoms with E-state index in [0.29, 0.717) is 5.02 Å². The van der Waals surface area contributed by atoms with Gasteiger partial charge in [-0.2, -0.15) is 0 Å². The van der Waals surface area contributed by atoms with Crippen molar-refractivity contribution in [3.05, 3.63) is 58.9 Å². The number of halogens is 1. The molecule has 3 nitrogen and oxygen atoms in total. The first-order chi connectivity index (χ1) is 9.70. The highest BCUT2D eigenvalue weighted by Gasteiger charge is 2.28. The second kappa shape index (κ2) is 5.81. The molecule has 104 valence electrons. The summed E-state index contributed by atoms with van der Waals surface area (Å²) >= 11 is 5.94. The van der Waals surface area contributed by atoms with Crippen LogP contribution in [0.15, 0.2) is 42.6 Å². The predicted octanol–water partition coefficient (Wildman–Crippen LogP) is 3.31. The number of hydrogen-bond donors (Lipinski definition) is 0. The molecular weight excluding hydrogens is 272 g/mol. The van der Waals surface area contributed by atoms with Crippen molar-refractivity contribution in [1.82, 2.24) is 9.88 Å². The van der Waals surface area contributed by atoms with Crippen LogP contribution in [0.5, 0.6) is 5.75 Å². The van der Waals surface area contributed by atoms with Crippen LogP contribution in [0.1, 0.15) is 11.3 Å². The Morgan fingerprint density at radius 1 is 1.30 bits per heavy atom. The zero-order chi connectivity index (χ0) is 13.9. The maximum Gasteiger partial charge on any atom is 0.124 e. The molecular formula is C16H17ClN2O. The molecule has 1 aliphatic rings. The molecule has 0 aliphatic carbocycles. The van der Waals surface area contributed by atoms with Gasteiger partial charge < -0.3 is 4.74 Å². The van der Waals surface area contributed by atoms with Gasteiger partial charge in [-0.15, -0.1) is 0 Å². The fourth-order valence-corrected chi connectivity index (χ4v) is 2.53. The minimum atomic E-state index is 0.248. The summed E-state index contributed by atoms with van der Waals surface area (Å²) in [6.07, 6.45) is 2.10. The lowest BCUT2D eigenvalue weighted by Gasteiger charge is -2.39. The second-order valence-electron chi connectivity index (χ2n) is 5.16. The Labute approximate surface area is 124 Å². The van der Waals surface area contributed by atoms with E-state index in [9.17, 15) is 0 Å². The van der Waals surface area contributed by atoms with E-state index in [1.165, 1.54) is 5.56 Å². The third-order valence-electron chi connectivity index (χ3n) is 3.51. The quantitative estimate of drug-likeness (QED) is 0.863. The summed E-state index contributed by atoms with van der Waals surface area (Å²) in [7, 11) is 0. The summed E-state index contributed by atoms with van der Waals surface area (Å²) in [5, 5.41) is 0.711. The van der Waals surface area contributed by atoms with E-state index in [0.717, 1.165) is 31.1 Å². The van der Waals surface area contributed by atoms with Crippen LogP contribution < -0.4 is 4.74 Å². The molecule has 20 heavy (non-hydrogen) atoms. The van der Waals surface area contributed by atoms with Gasteiger partial charge in [-0.25, -0.2) is 0 Å². The van der Waals surface area contributed by atoms with Gasteiger partial charge in [0.05, 0.1) is 5.69 Å². The SMILES string of the molecule is Cc1cccnc1CN1CC(Oc2cccc(Cl)c2)C1. The Kier molecular flexibility index (Phi) is 3.90. The van der Waals surface area contributed by atoms with Crippen molar-refractivity contribution in [1.29, 1.82) is 0 Å². The molecule has 1 aromatic heterocycles. The van der Waals surface area contributed by atoms with Gasteiger partial charge in [-0.1, -0.05) is 23.7 Å². The van der Waals surface area contributed by atoms with E-state index in [1.54, 1.807) is 0 Å². The Hall–Kier alpha value is -1.58. The smallest absolute Gasteiger partial charge is 0.124 e. The lowest BCUT2D eigenvalue weighted by molar-refractivity contribution is 0.0137. The van der Waals surface area contributed by atoms with E-state index in [-0.39, 0.29) is 6.10 Å². The average molecular weight is 289 g/mol. The van der Waals surface area contributed by atoms with Gasteiger partial charge in [0.15, 0.2) is 0 Å². The van der Waals surface area contributed by atoms with Gasteiger partial charge in [-0.3, -0.25) is 9.88 Å². The standard InChI is InChI=1S/C16H17ClN2O/c1-12-4-3-7-18-16(12)11-19-9-15(10-19)20-14-6-2-5-13(17)8-14/h2-8,15H,9-11H2,1H3. The number of ether oxygens (including phenoxy) is 1. The van der Waals surface area contributed by atoms with Crippen molar-refractivity contribution < 1.29 is 4.74 Å². The lowest BCUT2D eigenvalue weighted by Crippen LogP contribution is -2.53. The third kappa shape index (κ3) is 3.11. The van der Waals surface area contributed by atoms with Crippen molar-refractivity contribution in [2.24, 2.45) is 0 Å². The van der Waals surface area contributed by atoms with Crippen LogP contribution in [0.25, 0.3) is 0 Å². The highest BCUT2D eigenvalue weighted by atomic mass is 35.5. The van der Waals surface area contributed by atoms with Crippen molar-refractivity contribution in [3.8, 4) is 5.75 Å². The van der Waals surface area contributed by atoms with Crippen LogP contribution in [0.3, 0.4) is 0 Å². The Bertz CT molecular complexity index is 597. The van der Waals surface area contributed by atoms with Crippen molar-refractivity contribution in [3.63, 3.8) is 0 Å². The Balaban J connectivity index is 1.51. The van der Waals surface area contributed by atoms with Crippen molar-refractivity contribution in [2.45, 2.75) is 19.6 Å². The first kappa shape index (κ1) is 13.4. The van der Waals surface area contributed by atoms with Gasteiger partial charge in [0.25, 0.3) is 0 Å². The van der Waals surface area contributed by atoms with E-state index >= 15 is 0 Å². The Morgan fingerprint density at radius 2 is 2.15 bits per heavy atom. The number of likely N-dealkylation sites (tertiary alicyclic amines) is 1. The molecule has 2 heterocycles. The topological polar surface area (TPSA) is 25.4 Å². The normalized spacial score (nSPS) is 15.9. The van der Waals surface area contributed by atoms with E-state index in [2.05, 4.69) is 22.9 Å². The molecule has 0 atom stereocenters. The summed E-state index contributed by atoms with van der Waals surface area (Å²) in [5.41, 5.74) is 2.39. The minimum Gasteiger partial charge on any atom is -0.488 e. The highest BCUT2D eigenvalue weighted by molar-refractivity contribution is 6.30. The van der Waals surface area contributed by atoms with Crippen molar-refractivity contribution in [2.75, 3.05) is 13.1 Å². The number of benzene rings is 1. The number of hydrogen-bond acceptors (Lipinski definition) is 3. The number of aromatic nitrogens is 1. The van der Waals surface area contributed by atoms with E-state index < -0.39 is 0 Å². The van der Waals surface area contributed by atoms with Gasteiger partial charge >= 0.3 is 0 Å². The predicted molar refractivity (Wildman–Crippen MR) is 80.1 cm³/mol. The molecule has 0 bridgehead atoms.